The molecule has 162 valence electrons. The fraction of sp³-hybridized carbons (Fsp3) is 0.261. The van der Waals surface area contributed by atoms with Crippen molar-refractivity contribution in [2.45, 2.75) is 26.4 Å². The summed E-state index contributed by atoms with van der Waals surface area (Å²) >= 11 is 5.28. The normalized spacial score (nSPS) is 16.2. The molecule has 1 fully saturated rings. The first-order chi connectivity index (χ1) is 14.9. The molecule has 0 spiro atoms. The molecule has 0 saturated carbocycles. The Morgan fingerprint density at radius 3 is 2.52 bits per heavy atom. The second-order valence-corrected chi connectivity index (χ2v) is 7.26. The van der Waals surface area contributed by atoms with Gasteiger partial charge in [-0.25, -0.2) is 4.90 Å². The lowest BCUT2D eigenvalue weighted by atomic mass is 10.1. The van der Waals surface area contributed by atoms with Crippen molar-refractivity contribution >= 4 is 40.9 Å². The number of amides is 2. The molecule has 2 amide bonds. The number of ether oxygens (including phenoxy) is 3. The van der Waals surface area contributed by atoms with E-state index in [-0.39, 0.29) is 16.8 Å². The Balaban J connectivity index is 2.04. The lowest BCUT2D eigenvalue weighted by Gasteiger charge is -2.30. The molecule has 1 aliphatic heterocycles. The monoisotopic (exact) mass is 440 g/mol. The van der Waals surface area contributed by atoms with Gasteiger partial charge in [0.25, 0.3) is 11.8 Å². The van der Waals surface area contributed by atoms with E-state index in [0.717, 1.165) is 6.42 Å². The van der Waals surface area contributed by atoms with Crippen LogP contribution in [0, 0.1) is 0 Å². The van der Waals surface area contributed by atoms with Gasteiger partial charge in [0.05, 0.1) is 26.0 Å². The van der Waals surface area contributed by atoms with Crippen molar-refractivity contribution in [3.8, 4) is 17.2 Å². The quantitative estimate of drug-likeness (QED) is 0.402. The molecule has 1 atom stereocenters. The van der Waals surface area contributed by atoms with Crippen LogP contribution >= 0.6 is 12.2 Å². The number of carbonyl (C=O) groups excluding carboxylic acids is 2. The zero-order valence-electron chi connectivity index (χ0n) is 17.8. The second kappa shape index (κ2) is 9.61. The second-order valence-electron chi connectivity index (χ2n) is 6.87. The Morgan fingerprint density at radius 2 is 1.84 bits per heavy atom. The predicted molar refractivity (Wildman–Crippen MR) is 123 cm³/mol. The molecule has 1 saturated heterocycles. The number of carbonyl (C=O) groups is 2. The number of anilines is 1. The van der Waals surface area contributed by atoms with Gasteiger partial charge in [-0.2, -0.15) is 0 Å². The topological polar surface area (TPSA) is 77.1 Å². The maximum absolute atomic E-state index is 13.3. The van der Waals surface area contributed by atoms with Gasteiger partial charge in [-0.1, -0.05) is 25.1 Å². The number of rotatable bonds is 7. The number of para-hydroxylation sites is 1. The summed E-state index contributed by atoms with van der Waals surface area (Å²) in [5, 5.41) is 2.55. The third-order valence-electron chi connectivity index (χ3n) is 4.85. The SMILES string of the molecule is CC[C@@H](C)Oc1ccccc1/C=C1\C(=O)NC(=S)N(c2ccc(OC)cc2OC)C1=O. The summed E-state index contributed by atoms with van der Waals surface area (Å²) in [7, 11) is 3.01. The fourth-order valence-electron chi connectivity index (χ4n) is 3.01. The van der Waals surface area contributed by atoms with E-state index in [9.17, 15) is 9.59 Å². The van der Waals surface area contributed by atoms with E-state index in [1.54, 1.807) is 30.3 Å². The van der Waals surface area contributed by atoms with Gasteiger partial charge in [0.15, 0.2) is 5.11 Å². The van der Waals surface area contributed by atoms with Crippen molar-refractivity contribution in [3.05, 3.63) is 53.6 Å². The molecular formula is C23H24N2O5S. The average molecular weight is 441 g/mol. The van der Waals surface area contributed by atoms with E-state index < -0.39 is 11.8 Å². The Hall–Kier alpha value is -3.39. The van der Waals surface area contributed by atoms with Crippen LogP contribution in [0.15, 0.2) is 48.0 Å². The number of thiocarbonyl (C=S) groups is 1. The maximum Gasteiger partial charge on any atom is 0.270 e. The van der Waals surface area contributed by atoms with Gasteiger partial charge in [0.1, 0.15) is 22.8 Å². The summed E-state index contributed by atoms with van der Waals surface area (Å²) in [5.74, 6) is 0.400. The first-order valence-corrected chi connectivity index (χ1v) is 10.2. The highest BCUT2D eigenvalue weighted by Crippen LogP contribution is 2.34. The molecule has 2 aromatic carbocycles. The van der Waals surface area contributed by atoms with E-state index >= 15 is 0 Å². The van der Waals surface area contributed by atoms with Crippen molar-refractivity contribution in [1.29, 1.82) is 0 Å². The highest BCUT2D eigenvalue weighted by Gasteiger charge is 2.36. The Morgan fingerprint density at radius 1 is 1.10 bits per heavy atom. The molecule has 1 N–H and O–H groups in total. The van der Waals surface area contributed by atoms with Crippen molar-refractivity contribution in [3.63, 3.8) is 0 Å². The van der Waals surface area contributed by atoms with E-state index in [2.05, 4.69) is 5.32 Å². The van der Waals surface area contributed by atoms with Crippen LogP contribution in [0.5, 0.6) is 17.2 Å². The van der Waals surface area contributed by atoms with Crippen LogP contribution in [0.1, 0.15) is 25.8 Å². The van der Waals surface area contributed by atoms with Crippen molar-refractivity contribution in [2.75, 3.05) is 19.1 Å². The number of hydrogen-bond acceptors (Lipinski definition) is 6. The third-order valence-corrected chi connectivity index (χ3v) is 5.14. The highest BCUT2D eigenvalue weighted by atomic mass is 32.1. The molecule has 3 rings (SSSR count). The molecule has 0 unspecified atom stereocenters. The maximum atomic E-state index is 13.3. The summed E-state index contributed by atoms with van der Waals surface area (Å²) in [6.45, 7) is 3.98. The van der Waals surface area contributed by atoms with Gasteiger partial charge < -0.3 is 14.2 Å². The third kappa shape index (κ3) is 4.69. The standard InChI is InChI=1S/C23H24N2O5S/c1-5-14(2)30-19-9-7-6-8-15(19)12-17-21(26)24-23(31)25(22(17)27)18-11-10-16(28-3)13-20(18)29-4/h6-14H,5H2,1-4H3,(H,24,26,31)/b17-12+/t14-/m1/s1. The number of hydrogen-bond donors (Lipinski definition) is 1. The molecule has 1 heterocycles. The molecule has 0 aromatic heterocycles. The Bertz CT molecular complexity index is 1050. The summed E-state index contributed by atoms with van der Waals surface area (Å²) in [6, 6.07) is 12.2. The lowest BCUT2D eigenvalue weighted by Crippen LogP contribution is -2.54. The average Bonchev–Trinajstić information content (AvgIpc) is 2.77. The summed E-state index contributed by atoms with van der Waals surface area (Å²) < 4.78 is 16.6. The fourth-order valence-corrected chi connectivity index (χ4v) is 3.28. The van der Waals surface area contributed by atoms with Gasteiger partial charge >= 0.3 is 0 Å². The van der Waals surface area contributed by atoms with E-state index in [1.807, 2.05) is 26.0 Å². The van der Waals surface area contributed by atoms with E-state index in [0.29, 0.717) is 28.5 Å². The summed E-state index contributed by atoms with van der Waals surface area (Å²) in [4.78, 5) is 27.2. The van der Waals surface area contributed by atoms with Gasteiger partial charge in [-0.3, -0.25) is 14.9 Å². The smallest absolute Gasteiger partial charge is 0.270 e. The number of benzene rings is 2. The van der Waals surface area contributed by atoms with Gasteiger partial charge in [-0.05, 0) is 49.8 Å². The summed E-state index contributed by atoms with van der Waals surface area (Å²) in [5.41, 5.74) is 0.954. The number of methoxy groups -OCH3 is 2. The van der Waals surface area contributed by atoms with Gasteiger partial charge in [0, 0.05) is 11.6 Å². The molecule has 0 aliphatic carbocycles. The summed E-state index contributed by atoms with van der Waals surface area (Å²) in [6.07, 6.45) is 2.33. The van der Waals surface area contributed by atoms with Gasteiger partial charge in [0.2, 0.25) is 0 Å². The van der Waals surface area contributed by atoms with Crippen molar-refractivity contribution in [2.24, 2.45) is 0 Å². The van der Waals surface area contributed by atoms with Crippen LogP contribution in [0.3, 0.4) is 0 Å². The molecule has 31 heavy (non-hydrogen) atoms. The van der Waals surface area contributed by atoms with Crippen LogP contribution in [0.2, 0.25) is 0 Å². The molecule has 2 aromatic rings. The largest absolute Gasteiger partial charge is 0.497 e. The predicted octanol–water partition coefficient (Wildman–Crippen LogP) is 3.71. The zero-order chi connectivity index (χ0) is 22.5. The molecule has 7 nitrogen and oxygen atoms in total. The van der Waals surface area contributed by atoms with Crippen LogP contribution in [-0.2, 0) is 9.59 Å². The van der Waals surface area contributed by atoms with Crippen LogP contribution in [0.25, 0.3) is 6.08 Å². The molecule has 0 bridgehead atoms. The molecule has 8 heteroatoms. The minimum Gasteiger partial charge on any atom is -0.497 e. The lowest BCUT2D eigenvalue weighted by molar-refractivity contribution is -0.122. The highest BCUT2D eigenvalue weighted by molar-refractivity contribution is 7.80. The zero-order valence-corrected chi connectivity index (χ0v) is 18.6. The van der Waals surface area contributed by atoms with Crippen LogP contribution in [0.4, 0.5) is 5.69 Å². The molecule has 0 radical (unpaired) electrons. The van der Waals surface area contributed by atoms with Gasteiger partial charge in [-0.15, -0.1) is 0 Å². The van der Waals surface area contributed by atoms with Crippen LogP contribution < -0.4 is 24.4 Å². The minimum absolute atomic E-state index is 0.0110. The van der Waals surface area contributed by atoms with E-state index in [1.165, 1.54) is 25.2 Å². The molecule has 1 aliphatic rings. The Kier molecular flexibility index (Phi) is 6.91. The first kappa shape index (κ1) is 22.3. The first-order valence-electron chi connectivity index (χ1n) is 9.78. The number of nitrogens with one attached hydrogen (secondary N) is 1. The number of nitrogens with zero attached hydrogens (tertiary/aromatic N) is 1. The van der Waals surface area contributed by atoms with Crippen molar-refractivity contribution < 1.29 is 23.8 Å². The Labute approximate surface area is 186 Å². The van der Waals surface area contributed by atoms with Crippen molar-refractivity contribution in [1.82, 2.24) is 5.32 Å². The van der Waals surface area contributed by atoms with E-state index in [4.69, 9.17) is 26.4 Å². The minimum atomic E-state index is -0.572. The van der Waals surface area contributed by atoms with Crippen LogP contribution in [-0.4, -0.2) is 37.3 Å². The molecular weight excluding hydrogens is 416 g/mol.